The maximum Gasteiger partial charge on any atom is -0.00196 e. The molecule has 2 bridgehead atoms. The lowest BCUT2D eigenvalue weighted by Crippen LogP contribution is -2.67. The van der Waals surface area contributed by atoms with Gasteiger partial charge in [-0.05, 0) is 49.1 Å². The van der Waals surface area contributed by atoms with Gasteiger partial charge < -0.3 is 5.73 Å². The Morgan fingerprint density at radius 2 is 1.71 bits per heavy atom. The van der Waals surface area contributed by atoms with E-state index < -0.39 is 0 Å². The normalized spacial score (nSPS) is 38.7. The molecule has 0 saturated heterocycles. The number of rotatable bonds is 2. The van der Waals surface area contributed by atoms with Gasteiger partial charge in [-0.25, -0.2) is 0 Å². The molecule has 0 spiro atoms. The summed E-state index contributed by atoms with van der Waals surface area (Å²) in [6, 6.07) is 9.06. The molecule has 74 valence electrons. The summed E-state index contributed by atoms with van der Waals surface area (Å²) in [6.07, 6.45) is 4.00. The highest BCUT2D eigenvalue weighted by Crippen LogP contribution is 2.73. The first-order valence-electron chi connectivity index (χ1n) is 5.45. The van der Waals surface area contributed by atoms with Gasteiger partial charge in [0.1, 0.15) is 0 Å². The molecule has 0 heterocycles. The third kappa shape index (κ3) is 0.885. The molecule has 0 aliphatic heterocycles. The number of hydrogen-bond acceptors (Lipinski definition) is 1. The van der Waals surface area contributed by atoms with Gasteiger partial charge in [-0.3, -0.25) is 0 Å². The monoisotopic (exact) mass is 187 g/mol. The highest BCUT2D eigenvalue weighted by molar-refractivity contribution is 5.39. The van der Waals surface area contributed by atoms with E-state index in [1.54, 1.807) is 5.56 Å². The van der Waals surface area contributed by atoms with Gasteiger partial charge in [0.05, 0.1) is 0 Å². The Morgan fingerprint density at radius 1 is 1.14 bits per heavy atom. The fourth-order valence-corrected chi connectivity index (χ4v) is 3.43. The number of aryl methyl sites for hydroxylation is 1. The topological polar surface area (TPSA) is 26.0 Å². The predicted octanol–water partition coefficient (Wildman–Crippen LogP) is 2.38. The summed E-state index contributed by atoms with van der Waals surface area (Å²) < 4.78 is 0. The molecular weight excluding hydrogens is 170 g/mol. The standard InChI is InChI=1S/C13H17N/c1-10-2-4-11(5-3-10)13-6-12(7-13,8-13)9-14/h2-5H,6-9,14H2,1H3. The second kappa shape index (κ2) is 2.40. The Bertz CT molecular complexity index is 344. The number of benzene rings is 1. The number of nitrogens with two attached hydrogens (primary N) is 1. The van der Waals surface area contributed by atoms with Crippen molar-refractivity contribution in [1.82, 2.24) is 0 Å². The minimum atomic E-state index is 0.535. The van der Waals surface area contributed by atoms with Crippen LogP contribution in [-0.2, 0) is 5.41 Å². The fourth-order valence-electron chi connectivity index (χ4n) is 3.43. The fraction of sp³-hybridized carbons (Fsp3) is 0.538. The zero-order chi connectivity index (χ0) is 9.81. The van der Waals surface area contributed by atoms with Gasteiger partial charge in [-0.2, -0.15) is 0 Å². The van der Waals surface area contributed by atoms with Gasteiger partial charge in [-0.1, -0.05) is 29.8 Å². The quantitative estimate of drug-likeness (QED) is 0.755. The molecule has 4 rings (SSSR count). The summed E-state index contributed by atoms with van der Waals surface area (Å²) in [6.45, 7) is 3.04. The molecule has 0 radical (unpaired) electrons. The van der Waals surface area contributed by atoms with Gasteiger partial charge in [-0.15, -0.1) is 0 Å². The average Bonchev–Trinajstić information content (AvgIpc) is 2.04. The van der Waals surface area contributed by atoms with Crippen molar-refractivity contribution in [1.29, 1.82) is 0 Å². The van der Waals surface area contributed by atoms with E-state index in [2.05, 4.69) is 31.2 Å². The first kappa shape index (κ1) is 8.49. The molecule has 0 aromatic heterocycles. The minimum Gasteiger partial charge on any atom is -0.330 e. The third-order valence-electron chi connectivity index (χ3n) is 4.24. The molecule has 0 atom stereocenters. The number of hydrogen-bond donors (Lipinski definition) is 1. The molecule has 1 aromatic rings. The van der Waals surface area contributed by atoms with Crippen LogP contribution in [0, 0.1) is 12.3 Å². The summed E-state index contributed by atoms with van der Waals surface area (Å²) in [5.74, 6) is 0. The average molecular weight is 187 g/mol. The zero-order valence-electron chi connectivity index (χ0n) is 8.72. The van der Waals surface area contributed by atoms with Crippen molar-refractivity contribution in [3.63, 3.8) is 0 Å². The summed E-state index contributed by atoms with van der Waals surface area (Å²) in [5, 5.41) is 0. The van der Waals surface area contributed by atoms with Crippen LogP contribution < -0.4 is 5.73 Å². The third-order valence-corrected chi connectivity index (χ3v) is 4.24. The maximum absolute atomic E-state index is 5.77. The lowest BCUT2D eigenvalue weighted by atomic mass is 9.33. The van der Waals surface area contributed by atoms with E-state index in [0.717, 1.165) is 6.54 Å². The second-order valence-corrected chi connectivity index (χ2v) is 5.38. The highest BCUT2D eigenvalue weighted by Gasteiger charge is 2.67. The van der Waals surface area contributed by atoms with Gasteiger partial charge >= 0.3 is 0 Å². The van der Waals surface area contributed by atoms with Crippen LogP contribution >= 0.6 is 0 Å². The molecule has 3 aliphatic rings. The van der Waals surface area contributed by atoms with Crippen molar-refractivity contribution in [2.24, 2.45) is 11.1 Å². The summed E-state index contributed by atoms with van der Waals surface area (Å²) in [5.41, 5.74) is 9.74. The van der Waals surface area contributed by atoms with Crippen LogP contribution in [0.3, 0.4) is 0 Å². The van der Waals surface area contributed by atoms with E-state index >= 15 is 0 Å². The highest BCUT2D eigenvalue weighted by atomic mass is 14.8. The van der Waals surface area contributed by atoms with Crippen molar-refractivity contribution >= 4 is 0 Å². The van der Waals surface area contributed by atoms with E-state index in [1.165, 1.54) is 24.8 Å². The largest absolute Gasteiger partial charge is 0.330 e. The first-order valence-corrected chi connectivity index (χ1v) is 5.45. The molecule has 14 heavy (non-hydrogen) atoms. The predicted molar refractivity (Wildman–Crippen MR) is 58.2 cm³/mol. The molecule has 3 aliphatic carbocycles. The summed E-state index contributed by atoms with van der Waals surface area (Å²) in [7, 11) is 0. The van der Waals surface area contributed by atoms with E-state index in [-0.39, 0.29) is 0 Å². The molecule has 3 saturated carbocycles. The van der Waals surface area contributed by atoms with Crippen LogP contribution in [0.4, 0.5) is 0 Å². The van der Waals surface area contributed by atoms with Crippen molar-refractivity contribution < 1.29 is 0 Å². The Morgan fingerprint density at radius 3 is 2.21 bits per heavy atom. The zero-order valence-corrected chi connectivity index (χ0v) is 8.72. The molecular formula is C13H17N. The Labute approximate surface area is 85.3 Å². The molecule has 1 nitrogen and oxygen atoms in total. The summed E-state index contributed by atoms with van der Waals surface area (Å²) >= 11 is 0. The maximum atomic E-state index is 5.77. The summed E-state index contributed by atoms with van der Waals surface area (Å²) in [4.78, 5) is 0. The minimum absolute atomic E-state index is 0.535. The Hall–Kier alpha value is -0.820. The van der Waals surface area contributed by atoms with Gasteiger partial charge in [0, 0.05) is 0 Å². The smallest absolute Gasteiger partial charge is 0.00196 e. The van der Waals surface area contributed by atoms with E-state index in [4.69, 9.17) is 5.73 Å². The molecule has 2 N–H and O–H groups in total. The van der Waals surface area contributed by atoms with Crippen molar-refractivity contribution in [3.05, 3.63) is 35.4 Å². The molecule has 3 fully saturated rings. The lowest BCUT2D eigenvalue weighted by molar-refractivity contribution is -0.132. The molecule has 0 amide bonds. The Balaban J connectivity index is 1.84. The lowest BCUT2D eigenvalue weighted by Gasteiger charge is -2.71. The van der Waals surface area contributed by atoms with Crippen LogP contribution in [0.2, 0.25) is 0 Å². The van der Waals surface area contributed by atoms with Crippen LogP contribution in [0.15, 0.2) is 24.3 Å². The van der Waals surface area contributed by atoms with Crippen LogP contribution in [0.5, 0.6) is 0 Å². The molecule has 1 aromatic carbocycles. The second-order valence-electron chi connectivity index (χ2n) is 5.38. The van der Waals surface area contributed by atoms with Crippen molar-refractivity contribution in [3.8, 4) is 0 Å². The van der Waals surface area contributed by atoms with E-state index in [0.29, 0.717) is 10.8 Å². The van der Waals surface area contributed by atoms with Crippen LogP contribution in [-0.4, -0.2) is 6.54 Å². The first-order chi connectivity index (χ1) is 6.68. The van der Waals surface area contributed by atoms with Gasteiger partial charge in [0.15, 0.2) is 0 Å². The SMILES string of the molecule is Cc1ccc(C23CC(CN)(C2)C3)cc1. The molecule has 1 heteroatoms. The van der Waals surface area contributed by atoms with Gasteiger partial charge in [0.25, 0.3) is 0 Å². The van der Waals surface area contributed by atoms with Crippen molar-refractivity contribution in [2.75, 3.05) is 6.54 Å². The molecule has 0 unspecified atom stereocenters. The van der Waals surface area contributed by atoms with Crippen molar-refractivity contribution in [2.45, 2.75) is 31.6 Å². The van der Waals surface area contributed by atoms with Crippen LogP contribution in [0.1, 0.15) is 30.4 Å². The Kier molecular flexibility index (Phi) is 1.46. The van der Waals surface area contributed by atoms with E-state index in [1.807, 2.05) is 0 Å². The van der Waals surface area contributed by atoms with E-state index in [9.17, 15) is 0 Å². The van der Waals surface area contributed by atoms with Crippen LogP contribution in [0.25, 0.3) is 0 Å². The van der Waals surface area contributed by atoms with Gasteiger partial charge in [0.2, 0.25) is 0 Å².